The van der Waals surface area contributed by atoms with E-state index >= 15 is 0 Å². The van der Waals surface area contributed by atoms with E-state index < -0.39 is 23.1 Å². The van der Waals surface area contributed by atoms with Gasteiger partial charge in [-0.1, -0.05) is 27.5 Å². The Balaban J connectivity index is 2.31. The van der Waals surface area contributed by atoms with Gasteiger partial charge < -0.3 is 5.32 Å². The van der Waals surface area contributed by atoms with E-state index in [4.69, 9.17) is 11.6 Å². The molecule has 1 aromatic carbocycles. The van der Waals surface area contributed by atoms with Crippen molar-refractivity contribution in [3.63, 3.8) is 0 Å². The summed E-state index contributed by atoms with van der Waals surface area (Å²) in [4.78, 5) is 15.7. The van der Waals surface area contributed by atoms with E-state index in [1.54, 1.807) is 13.0 Å². The van der Waals surface area contributed by atoms with Crippen molar-refractivity contribution in [1.82, 2.24) is 4.98 Å². The Kier molecular flexibility index (Phi) is 4.35. The number of rotatable bonds is 2. The lowest BCUT2D eigenvalue weighted by molar-refractivity contribution is 0.101. The first-order valence-corrected chi connectivity index (χ1v) is 6.63. The fourth-order valence-electron chi connectivity index (χ4n) is 1.58. The van der Waals surface area contributed by atoms with Crippen molar-refractivity contribution < 1.29 is 13.6 Å². The van der Waals surface area contributed by atoms with Crippen LogP contribution in [0, 0.1) is 18.6 Å². The molecule has 1 heterocycles. The maximum atomic E-state index is 13.6. The summed E-state index contributed by atoms with van der Waals surface area (Å²) in [6, 6.07) is 3.59. The number of pyridine rings is 1. The summed E-state index contributed by atoms with van der Waals surface area (Å²) >= 11 is 8.70. The zero-order chi connectivity index (χ0) is 14.9. The lowest BCUT2D eigenvalue weighted by Crippen LogP contribution is -2.16. The van der Waals surface area contributed by atoms with Gasteiger partial charge in [-0.05, 0) is 30.7 Å². The summed E-state index contributed by atoms with van der Waals surface area (Å²) < 4.78 is 27.5. The number of hydrogen-bond donors (Lipinski definition) is 1. The molecule has 0 saturated heterocycles. The van der Waals surface area contributed by atoms with Crippen molar-refractivity contribution in [2.75, 3.05) is 5.32 Å². The molecule has 1 N–H and O–H groups in total. The number of amides is 1. The van der Waals surface area contributed by atoms with E-state index in [9.17, 15) is 13.6 Å². The van der Waals surface area contributed by atoms with Crippen LogP contribution in [0.25, 0.3) is 0 Å². The van der Waals surface area contributed by atoms with E-state index in [0.29, 0.717) is 16.4 Å². The quantitative estimate of drug-likeness (QED) is 0.809. The molecule has 0 fully saturated rings. The number of nitrogens with zero attached hydrogens (tertiary/aromatic N) is 1. The molecule has 2 aromatic rings. The molecule has 0 aliphatic rings. The molecule has 0 spiro atoms. The Morgan fingerprint density at radius 3 is 2.45 bits per heavy atom. The number of halogens is 4. The predicted octanol–water partition coefficient (Wildman–Crippen LogP) is 4.34. The molecule has 0 atom stereocenters. The average Bonchev–Trinajstić information content (AvgIpc) is 2.32. The molecule has 1 amide bonds. The summed E-state index contributed by atoms with van der Waals surface area (Å²) in [7, 11) is 0. The first-order chi connectivity index (χ1) is 9.38. The van der Waals surface area contributed by atoms with Crippen LogP contribution in [0.4, 0.5) is 14.5 Å². The first-order valence-electron chi connectivity index (χ1n) is 5.46. The van der Waals surface area contributed by atoms with E-state index in [0.717, 1.165) is 12.1 Å². The minimum absolute atomic E-state index is 0.216. The van der Waals surface area contributed by atoms with Crippen LogP contribution in [0.2, 0.25) is 5.15 Å². The Hall–Kier alpha value is -1.53. The second-order valence-corrected chi connectivity index (χ2v) is 5.30. The van der Waals surface area contributed by atoms with Gasteiger partial charge in [0, 0.05) is 4.47 Å². The van der Waals surface area contributed by atoms with Gasteiger partial charge in [-0.3, -0.25) is 4.79 Å². The first kappa shape index (κ1) is 14.9. The molecule has 3 nitrogen and oxygen atoms in total. The maximum Gasteiger partial charge on any atom is 0.261 e. The van der Waals surface area contributed by atoms with Gasteiger partial charge in [-0.2, -0.15) is 0 Å². The third-order valence-corrected chi connectivity index (χ3v) is 3.36. The zero-order valence-corrected chi connectivity index (χ0v) is 12.5. The van der Waals surface area contributed by atoms with Crippen LogP contribution in [0.5, 0.6) is 0 Å². The number of nitrogens with one attached hydrogen (secondary N) is 1. The van der Waals surface area contributed by atoms with E-state index in [1.165, 1.54) is 6.20 Å². The van der Waals surface area contributed by atoms with Gasteiger partial charge in [-0.25, -0.2) is 13.8 Å². The number of hydrogen-bond acceptors (Lipinski definition) is 2. The number of carbonyl (C=O) groups is 1. The molecule has 2 rings (SSSR count). The lowest BCUT2D eigenvalue weighted by atomic mass is 10.2. The molecule has 0 unspecified atom stereocenters. The molecule has 0 aliphatic carbocycles. The third-order valence-electron chi connectivity index (χ3n) is 2.51. The summed E-state index contributed by atoms with van der Waals surface area (Å²) in [6.07, 6.45) is 1.31. The highest BCUT2D eigenvalue weighted by molar-refractivity contribution is 9.10. The molecule has 7 heteroatoms. The van der Waals surface area contributed by atoms with E-state index in [1.807, 2.05) is 0 Å². The molecule has 0 bridgehead atoms. The molecule has 0 radical (unpaired) electrons. The standard InChI is InChI=1S/C13H8BrClF2N2O/c1-6-2-8(5-18-12(6)15)19-13(20)11-9(16)3-7(14)4-10(11)17/h2-5H,1H3,(H,19,20). The third kappa shape index (κ3) is 3.13. The summed E-state index contributed by atoms with van der Waals surface area (Å²) in [5, 5.41) is 2.67. The van der Waals surface area contributed by atoms with Gasteiger partial charge in [0.1, 0.15) is 22.4 Å². The highest BCUT2D eigenvalue weighted by Crippen LogP contribution is 2.21. The van der Waals surface area contributed by atoms with Crippen LogP contribution in [0.1, 0.15) is 15.9 Å². The van der Waals surface area contributed by atoms with Crippen LogP contribution in [-0.2, 0) is 0 Å². The minimum Gasteiger partial charge on any atom is -0.320 e. The number of aryl methyl sites for hydroxylation is 1. The Labute approximate surface area is 127 Å². The minimum atomic E-state index is -0.951. The summed E-state index contributed by atoms with van der Waals surface area (Å²) in [6.45, 7) is 1.70. The molecule has 20 heavy (non-hydrogen) atoms. The number of anilines is 1. The maximum absolute atomic E-state index is 13.6. The van der Waals surface area contributed by atoms with Gasteiger partial charge in [0.15, 0.2) is 0 Å². The van der Waals surface area contributed by atoms with Crippen molar-refractivity contribution >= 4 is 39.1 Å². The van der Waals surface area contributed by atoms with Crippen LogP contribution in [-0.4, -0.2) is 10.9 Å². The largest absolute Gasteiger partial charge is 0.320 e. The monoisotopic (exact) mass is 360 g/mol. The second kappa shape index (κ2) is 5.85. The van der Waals surface area contributed by atoms with Crippen LogP contribution in [0.15, 0.2) is 28.9 Å². The summed E-state index contributed by atoms with van der Waals surface area (Å²) in [5.41, 5.74) is 0.292. The molecule has 0 aliphatic heterocycles. The molecule has 1 aromatic heterocycles. The zero-order valence-electron chi connectivity index (χ0n) is 10.2. The van der Waals surface area contributed by atoms with Crippen molar-refractivity contribution in [3.8, 4) is 0 Å². The van der Waals surface area contributed by atoms with Gasteiger partial charge >= 0.3 is 0 Å². The SMILES string of the molecule is Cc1cc(NC(=O)c2c(F)cc(Br)cc2F)cnc1Cl. The van der Waals surface area contributed by atoms with Gasteiger partial charge in [0.25, 0.3) is 5.91 Å². The number of carbonyl (C=O) groups excluding carboxylic acids is 1. The summed E-state index contributed by atoms with van der Waals surface area (Å²) in [5.74, 6) is -2.79. The topological polar surface area (TPSA) is 42.0 Å². The fourth-order valence-corrected chi connectivity index (χ4v) is 2.08. The fraction of sp³-hybridized carbons (Fsp3) is 0.0769. The highest BCUT2D eigenvalue weighted by Gasteiger charge is 2.18. The Morgan fingerprint density at radius 2 is 1.90 bits per heavy atom. The Morgan fingerprint density at radius 1 is 1.30 bits per heavy atom. The van der Waals surface area contributed by atoms with Gasteiger partial charge in [0.2, 0.25) is 0 Å². The average molecular weight is 362 g/mol. The smallest absolute Gasteiger partial charge is 0.261 e. The normalized spacial score (nSPS) is 10.4. The van der Waals surface area contributed by atoms with E-state index in [-0.39, 0.29) is 4.47 Å². The van der Waals surface area contributed by atoms with E-state index in [2.05, 4.69) is 26.2 Å². The molecule has 0 saturated carbocycles. The molecular weight excluding hydrogens is 354 g/mol. The van der Waals surface area contributed by atoms with Crippen molar-refractivity contribution in [3.05, 3.63) is 56.8 Å². The number of benzene rings is 1. The lowest BCUT2D eigenvalue weighted by Gasteiger charge is -2.08. The van der Waals surface area contributed by atoms with Crippen LogP contribution in [0.3, 0.4) is 0 Å². The van der Waals surface area contributed by atoms with Crippen molar-refractivity contribution in [2.24, 2.45) is 0 Å². The Bertz CT molecular complexity index is 671. The van der Waals surface area contributed by atoms with Crippen molar-refractivity contribution in [2.45, 2.75) is 6.92 Å². The molecule has 104 valence electrons. The second-order valence-electron chi connectivity index (χ2n) is 4.03. The van der Waals surface area contributed by atoms with Gasteiger partial charge in [-0.15, -0.1) is 0 Å². The highest BCUT2D eigenvalue weighted by atomic mass is 79.9. The predicted molar refractivity (Wildman–Crippen MR) is 76.0 cm³/mol. The van der Waals surface area contributed by atoms with Crippen molar-refractivity contribution in [1.29, 1.82) is 0 Å². The van der Waals surface area contributed by atoms with Crippen LogP contribution >= 0.6 is 27.5 Å². The molecular formula is C13H8BrClF2N2O. The van der Waals surface area contributed by atoms with Gasteiger partial charge in [0.05, 0.1) is 11.9 Å². The van der Waals surface area contributed by atoms with Crippen LogP contribution < -0.4 is 5.32 Å². The number of aromatic nitrogens is 1.